The van der Waals surface area contributed by atoms with Crippen molar-refractivity contribution in [3.63, 3.8) is 0 Å². The summed E-state index contributed by atoms with van der Waals surface area (Å²) in [6.45, 7) is 0.728. The Balaban J connectivity index is 1.34. The summed E-state index contributed by atoms with van der Waals surface area (Å²) in [5.41, 5.74) is 2.26. The molecule has 0 spiro atoms. The zero-order chi connectivity index (χ0) is 21.6. The van der Waals surface area contributed by atoms with Crippen LogP contribution in [0.25, 0.3) is 11.3 Å². The van der Waals surface area contributed by atoms with E-state index in [0.29, 0.717) is 16.3 Å². The average molecular weight is 439 g/mol. The van der Waals surface area contributed by atoms with Crippen LogP contribution in [0.5, 0.6) is 0 Å². The molecule has 31 heavy (non-hydrogen) atoms. The molecule has 2 aromatic rings. The van der Waals surface area contributed by atoms with E-state index in [9.17, 15) is 9.59 Å². The third-order valence-electron chi connectivity index (χ3n) is 7.44. The van der Waals surface area contributed by atoms with Crippen LogP contribution in [-0.4, -0.2) is 30.5 Å². The minimum Gasteiger partial charge on any atom is -0.464 e. The standard InChI is InChI=1S/C25H27ClN2O3/c1-31-24(30)22-4-2-3-21(28-22)18-5-6-20(26)19(10-18)23(29)27-14-25-11-15-7-16(12-25)9-17(8-15)13-25/h2-6,10,15-17H,7-9,11-14H2,1H3,(H,27,29). The topological polar surface area (TPSA) is 68.3 Å². The number of rotatable bonds is 5. The van der Waals surface area contributed by atoms with Gasteiger partial charge < -0.3 is 10.1 Å². The van der Waals surface area contributed by atoms with E-state index in [1.165, 1.54) is 45.6 Å². The maximum atomic E-state index is 13.1. The third-order valence-corrected chi connectivity index (χ3v) is 7.77. The molecule has 1 aromatic carbocycles. The van der Waals surface area contributed by atoms with Crippen molar-refractivity contribution >= 4 is 23.5 Å². The fraction of sp³-hybridized carbons (Fsp3) is 0.480. The zero-order valence-corrected chi connectivity index (χ0v) is 18.5. The molecule has 6 heteroatoms. The normalized spacial score (nSPS) is 28.4. The summed E-state index contributed by atoms with van der Waals surface area (Å²) in [5.74, 6) is 1.91. The summed E-state index contributed by atoms with van der Waals surface area (Å²) in [6, 6.07) is 10.4. The molecular weight excluding hydrogens is 412 g/mol. The van der Waals surface area contributed by atoms with Crippen molar-refractivity contribution < 1.29 is 14.3 Å². The molecule has 1 aromatic heterocycles. The molecule has 1 N–H and O–H groups in total. The number of hydrogen-bond acceptors (Lipinski definition) is 4. The molecule has 0 atom stereocenters. The molecule has 4 aliphatic rings. The Morgan fingerprint density at radius 2 is 1.77 bits per heavy atom. The molecular formula is C25H27ClN2O3. The Kier molecular flexibility index (Phi) is 5.25. The molecule has 162 valence electrons. The van der Waals surface area contributed by atoms with Crippen LogP contribution in [0.3, 0.4) is 0 Å². The number of ether oxygens (including phenoxy) is 1. The van der Waals surface area contributed by atoms with Gasteiger partial charge in [-0.2, -0.15) is 0 Å². The minimum absolute atomic E-state index is 0.147. The van der Waals surface area contributed by atoms with Crippen LogP contribution in [0.1, 0.15) is 59.4 Å². The van der Waals surface area contributed by atoms with Crippen LogP contribution in [-0.2, 0) is 4.74 Å². The van der Waals surface area contributed by atoms with Gasteiger partial charge >= 0.3 is 5.97 Å². The number of carbonyl (C=O) groups excluding carboxylic acids is 2. The van der Waals surface area contributed by atoms with Crippen LogP contribution in [0, 0.1) is 23.2 Å². The molecule has 0 aliphatic heterocycles. The molecule has 0 unspecified atom stereocenters. The molecule has 6 rings (SSSR count). The van der Waals surface area contributed by atoms with E-state index in [1.54, 1.807) is 30.3 Å². The van der Waals surface area contributed by atoms with Gasteiger partial charge in [-0.05, 0) is 86.0 Å². The van der Waals surface area contributed by atoms with Gasteiger partial charge in [0.25, 0.3) is 5.91 Å². The molecule has 4 aliphatic carbocycles. The fourth-order valence-electron chi connectivity index (χ4n) is 6.54. The lowest BCUT2D eigenvalue weighted by Gasteiger charge is -2.56. The molecule has 1 heterocycles. The molecule has 1 amide bonds. The summed E-state index contributed by atoms with van der Waals surface area (Å²) in [7, 11) is 1.32. The lowest BCUT2D eigenvalue weighted by atomic mass is 9.49. The Morgan fingerprint density at radius 3 is 2.42 bits per heavy atom. The third kappa shape index (κ3) is 3.96. The second-order valence-corrected chi connectivity index (χ2v) is 10.1. The van der Waals surface area contributed by atoms with Gasteiger partial charge in [0.1, 0.15) is 5.69 Å². The Labute approximate surface area is 187 Å². The van der Waals surface area contributed by atoms with Crippen LogP contribution in [0.15, 0.2) is 36.4 Å². The lowest BCUT2D eigenvalue weighted by molar-refractivity contribution is -0.0503. The maximum absolute atomic E-state index is 13.1. The highest BCUT2D eigenvalue weighted by Gasteiger charge is 2.50. The zero-order valence-electron chi connectivity index (χ0n) is 17.7. The van der Waals surface area contributed by atoms with Crippen molar-refractivity contribution in [3.05, 3.63) is 52.7 Å². The summed E-state index contributed by atoms with van der Waals surface area (Å²) in [4.78, 5) is 29.2. The average Bonchev–Trinajstić information content (AvgIpc) is 2.76. The van der Waals surface area contributed by atoms with Crippen LogP contribution >= 0.6 is 11.6 Å². The quantitative estimate of drug-likeness (QED) is 0.656. The van der Waals surface area contributed by atoms with E-state index in [4.69, 9.17) is 16.3 Å². The van der Waals surface area contributed by atoms with E-state index in [0.717, 1.165) is 29.9 Å². The van der Waals surface area contributed by atoms with Crippen molar-refractivity contribution in [2.45, 2.75) is 38.5 Å². The first-order valence-corrected chi connectivity index (χ1v) is 11.5. The van der Waals surface area contributed by atoms with Gasteiger partial charge in [-0.15, -0.1) is 0 Å². The number of amides is 1. The van der Waals surface area contributed by atoms with Gasteiger partial charge in [-0.25, -0.2) is 9.78 Å². The minimum atomic E-state index is -0.496. The van der Waals surface area contributed by atoms with Gasteiger partial charge in [-0.1, -0.05) is 23.7 Å². The first-order chi connectivity index (χ1) is 14.9. The summed E-state index contributed by atoms with van der Waals surface area (Å²) >= 11 is 6.38. The monoisotopic (exact) mass is 438 g/mol. The molecule has 5 nitrogen and oxygen atoms in total. The maximum Gasteiger partial charge on any atom is 0.356 e. The van der Waals surface area contributed by atoms with Crippen molar-refractivity contribution in [1.29, 1.82) is 0 Å². The molecule has 4 fully saturated rings. The van der Waals surface area contributed by atoms with Crippen LogP contribution in [0.2, 0.25) is 5.02 Å². The SMILES string of the molecule is COC(=O)c1cccc(-c2ccc(Cl)c(C(=O)NCC34CC5CC(CC(C5)C3)C4)c2)n1. The summed E-state index contributed by atoms with van der Waals surface area (Å²) < 4.78 is 4.75. The van der Waals surface area contributed by atoms with Crippen LogP contribution in [0.4, 0.5) is 0 Å². The Morgan fingerprint density at radius 1 is 1.10 bits per heavy atom. The van der Waals surface area contributed by atoms with Gasteiger partial charge in [0.2, 0.25) is 0 Å². The van der Waals surface area contributed by atoms with Crippen molar-refractivity contribution in [2.75, 3.05) is 13.7 Å². The number of nitrogens with zero attached hydrogens (tertiary/aromatic N) is 1. The largest absolute Gasteiger partial charge is 0.464 e. The van der Waals surface area contributed by atoms with E-state index < -0.39 is 5.97 Å². The Hall–Kier alpha value is -2.40. The number of pyridine rings is 1. The predicted octanol–water partition coefficient (Wildman–Crippen LogP) is 5.13. The summed E-state index contributed by atoms with van der Waals surface area (Å²) in [6.07, 6.45) is 7.90. The second kappa shape index (κ2) is 7.94. The number of hydrogen-bond donors (Lipinski definition) is 1. The van der Waals surface area contributed by atoms with E-state index in [2.05, 4.69) is 10.3 Å². The number of methoxy groups -OCH3 is 1. The highest BCUT2D eigenvalue weighted by molar-refractivity contribution is 6.34. The van der Waals surface area contributed by atoms with E-state index >= 15 is 0 Å². The summed E-state index contributed by atoms with van der Waals surface area (Å²) in [5, 5.41) is 3.61. The number of nitrogens with one attached hydrogen (secondary N) is 1. The highest BCUT2D eigenvalue weighted by atomic mass is 35.5. The first kappa shape index (κ1) is 20.5. The van der Waals surface area contributed by atoms with Crippen molar-refractivity contribution in [3.8, 4) is 11.3 Å². The van der Waals surface area contributed by atoms with Gasteiger partial charge in [0.15, 0.2) is 0 Å². The first-order valence-electron chi connectivity index (χ1n) is 11.1. The van der Waals surface area contributed by atoms with Crippen molar-refractivity contribution in [1.82, 2.24) is 10.3 Å². The van der Waals surface area contributed by atoms with Crippen LogP contribution < -0.4 is 5.32 Å². The van der Waals surface area contributed by atoms with E-state index in [1.807, 2.05) is 6.07 Å². The van der Waals surface area contributed by atoms with Gasteiger partial charge in [0, 0.05) is 12.1 Å². The van der Waals surface area contributed by atoms with Gasteiger partial charge in [-0.3, -0.25) is 4.79 Å². The number of halogens is 1. The smallest absolute Gasteiger partial charge is 0.356 e. The Bertz CT molecular complexity index is 1000. The highest BCUT2D eigenvalue weighted by Crippen LogP contribution is 2.59. The molecule has 4 saturated carbocycles. The van der Waals surface area contributed by atoms with Crippen molar-refractivity contribution in [2.24, 2.45) is 23.2 Å². The second-order valence-electron chi connectivity index (χ2n) is 9.69. The fourth-order valence-corrected chi connectivity index (χ4v) is 6.75. The predicted molar refractivity (Wildman–Crippen MR) is 119 cm³/mol. The van der Waals surface area contributed by atoms with Gasteiger partial charge in [0.05, 0.1) is 23.4 Å². The number of esters is 1. The molecule has 4 bridgehead atoms. The number of benzene rings is 1. The molecule has 0 saturated heterocycles. The number of aromatic nitrogens is 1. The lowest BCUT2D eigenvalue weighted by Crippen LogP contribution is -2.51. The number of carbonyl (C=O) groups is 2. The van der Waals surface area contributed by atoms with E-state index in [-0.39, 0.29) is 17.0 Å². The molecule has 0 radical (unpaired) electrons.